The lowest BCUT2D eigenvalue weighted by molar-refractivity contribution is 0.0671. The molecule has 8 heteroatoms. The van der Waals surface area contributed by atoms with Crippen LogP contribution >= 0.6 is 0 Å². The summed E-state index contributed by atoms with van der Waals surface area (Å²) < 4.78 is 51.5. The van der Waals surface area contributed by atoms with E-state index in [1.807, 2.05) is 0 Å². The smallest absolute Gasteiger partial charge is 0.256 e. The SMILES string of the molecule is CS(=O)(=O)NC[C@@H]1CCCN(C(=O)c2cc(F)ccc2F)C1. The van der Waals surface area contributed by atoms with Gasteiger partial charge in [-0.3, -0.25) is 4.79 Å². The van der Waals surface area contributed by atoms with E-state index in [9.17, 15) is 22.0 Å². The Morgan fingerprint density at radius 3 is 2.82 bits per heavy atom. The zero-order chi connectivity index (χ0) is 16.3. The minimum atomic E-state index is -3.29. The van der Waals surface area contributed by atoms with Crippen LogP contribution in [0.5, 0.6) is 0 Å². The van der Waals surface area contributed by atoms with Gasteiger partial charge in [0.05, 0.1) is 11.8 Å². The molecule has 1 saturated heterocycles. The fourth-order valence-electron chi connectivity index (χ4n) is 2.52. The average Bonchev–Trinajstić information content (AvgIpc) is 2.46. The number of piperidine rings is 1. The molecule has 0 saturated carbocycles. The Hall–Kier alpha value is -1.54. The zero-order valence-electron chi connectivity index (χ0n) is 12.2. The van der Waals surface area contributed by atoms with Gasteiger partial charge in [-0.2, -0.15) is 0 Å². The van der Waals surface area contributed by atoms with E-state index in [1.165, 1.54) is 4.90 Å². The number of likely N-dealkylation sites (tertiary alicyclic amines) is 1. The summed E-state index contributed by atoms with van der Waals surface area (Å²) >= 11 is 0. The third-order valence-electron chi connectivity index (χ3n) is 3.60. The van der Waals surface area contributed by atoms with E-state index in [0.717, 1.165) is 30.9 Å². The third-order valence-corrected chi connectivity index (χ3v) is 4.29. The number of carbonyl (C=O) groups is 1. The van der Waals surface area contributed by atoms with Crippen molar-refractivity contribution >= 4 is 15.9 Å². The number of benzene rings is 1. The van der Waals surface area contributed by atoms with Crippen LogP contribution in [0.25, 0.3) is 0 Å². The molecule has 1 amide bonds. The Balaban J connectivity index is 2.05. The molecule has 0 aliphatic carbocycles. The number of nitrogens with one attached hydrogen (secondary N) is 1. The van der Waals surface area contributed by atoms with E-state index >= 15 is 0 Å². The molecule has 1 heterocycles. The molecule has 1 fully saturated rings. The molecule has 1 aliphatic heterocycles. The lowest BCUT2D eigenvalue weighted by atomic mass is 9.97. The number of halogens is 2. The first-order chi connectivity index (χ1) is 10.3. The number of hydrogen-bond donors (Lipinski definition) is 1. The van der Waals surface area contributed by atoms with Gasteiger partial charge in [0, 0.05) is 19.6 Å². The largest absolute Gasteiger partial charge is 0.338 e. The summed E-state index contributed by atoms with van der Waals surface area (Å²) in [5, 5.41) is 0. The highest BCUT2D eigenvalue weighted by Crippen LogP contribution is 2.20. The molecule has 0 spiro atoms. The number of nitrogens with zero attached hydrogens (tertiary/aromatic N) is 1. The van der Waals surface area contributed by atoms with Crippen molar-refractivity contribution in [1.29, 1.82) is 0 Å². The van der Waals surface area contributed by atoms with Crippen LogP contribution in [-0.4, -0.2) is 45.1 Å². The first kappa shape index (κ1) is 16.8. The lowest BCUT2D eigenvalue weighted by Crippen LogP contribution is -2.43. The van der Waals surface area contributed by atoms with Crippen molar-refractivity contribution < 1.29 is 22.0 Å². The van der Waals surface area contributed by atoms with Crippen LogP contribution in [0.1, 0.15) is 23.2 Å². The quantitative estimate of drug-likeness (QED) is 0.905. The molecule has 1 aromatic rings. The summed E-state index contributed by atoms with van der Waals surface area (Å²) in [4.78, 5) is 13.7. The molecule has 1 aromatic carbocycles. The van der Waals surface area contributed by atoms with Gasteiger partial charge >= 0.3 is 0 Å². The maximum Gasteiger partial charge on any atom is 0.256 e. The first-order valence-electron chi connectivity index (χ1n) is 6.95. The maximum absolute atomic E-state index is 13.7. The summed E-state index contributed by atoms with van der Waals surface area (Å²) in [7, 11) is -3.29. The van der Waals surface area contributed by atoms with E-state index in [1.54, 1.807) is 0 Å². The third kappa shape index (κ3) is 4.48. The van der Waals surface area contributed by atoms with Crippen molar-refractivity contribution in [2.24, 2.45) is 5.92 Å². The summed E-state index contributed by atoms with van der Waals surface area (Å²) in [6.45, 7) is 0.996. The number of sulfonamides is 1. The molecule has 122 valence electrons. The summed E-state index contributed by atoms with van der Waals surface area (Å²) in [6, 6.07) is 2.77. The van der Waals surface area contributed by atoms with Gasteiger partial charge in [0.15, 0.2) is 0 Å². The van der Waals surface area contributed by atoms with Crippen molar-refractivity contribution in [3.8, 4) is 0 Å². The van der Waals surface area contributed by atoms with E-state index in [4.69, 9.17) is 0 Å². The van der Waals surface area contributed by atoms with Crippen LogP contribution in [0.2, 0.25) is 0 Å². The van der Waals surface area contributed by atoms with Gasteiger partial charge in [-0.15, -0.1) is 0 Å². The standard InChI is InChI=1S/C14H18F2N2O3S/c1-22(20,21)17-8-10-3-2-6-18(9-10)14(19)12-7-11(15)4-5-13(12)16/h4-5,7,10,17H,2-3,6,8-9H2,1H3/t10-/m0/s1. The van der Waals surface area contributed by atoms with Gasteiger partial charge in [0.1, 0.15) is 11.6 Å². The Bertz CT molecular complexity index is 664. The van der Waals surface area contributed by atoms with Crippen LogP contribution in [0.15, 0.2) is 18.2 Å². The summed E-state index contributed by atoms with van der Waals surface area (Å²) in [5.41, 5.74) is -0.295. The minimum Gasteiger partial charge on any atom is -0.338 e. The fourth-order valence-corrected chi connectivity index (χ4v) is 3.06. The zero-order valence-corrected chi connectivity index (χ0v) is 13.0. The van der Waals surface area contributed by atoms with Crippen LogP contribution in [0.3, 0.4) is 0 Å². The summed E-state index contributed by atoms with van der Waals surface area (Å²) in [6.07, 6.45) is 2.54. The Labute approximate surface area is 128 Å². The molecule has 22 heavy (non-hydrogen) atoms. The lowest BCUT2D eigenvalue weighted by Gasteiger charge is -2.32. The Kier molecular flexibility index (Phi) is 5.12. The van der Waals surface area contributed by atoms with Crippen molar-refractivity contribution in [2.75, 3.05) is 25.9 Å². The van der Waals surface area contributed by atoms with Crippen molar-refractivity contribution in [2.45, 2.75) is 12.8 Å². The number of hydrogen-bond acceptors (Lipinski definition) is 3. The summed E-state index contributed by atoms with van der Waals surface area (Å²) in [5.74, 6) is -2.04. The van der Waals surface area contributed by atoms with E-state index < -0.39 is 27.6 Å². The van der Waals surface area contributed by atoms with Crippen molar-refractivity contribution in [3.05, 3.63) is 35.4 Å². The molecule has 0 unspecified atom stereocenters. The average molecular weight is 332 g/mol. The molecule has 0 radical (unpaired) electrons. The molecular formula is C14H18F2N2O3S. The molecule has 0 bridgehead atoms. The van der Waals surface area contributed by atoms with Crippen LogP contribution in [0, 0.1) is 17.6 Å². The second kappa shape index (κ2) is 6.70. The predicted octanol–water partition coefficient (Wildman–Crippen LogP) is 1.37. The van der Waals surface area contributed by atoms with Gasteiger partial charge in [0.2, 0.25) is 10.0 Å². The first-order valence-corrected chi connectivity index (χ1v) is 8.84. The van der Waals surface area contributed by atoms with Crippen LogP contribution < -0.4 is 4.72 Å². The minimum absolute atomic E-state index is 0.0379. The molecule has 0 aromatic heterocycles. The van der Waals surface area contributed by atoms with Gasteiger partial charge in [-0.25, -0.2) is 21.9 Å². The Morgan fingerprint density at radius 1 is 1.41 bits per heavy atom. The number of amides is 1. The van der Waals surface area contributed by atoms with Crippen molar-refractivity contribution in [1.82, 2.24) is 9.62 Å². The van der Waals surface area contributed by atoms with Gasteiger partial charge in [0.25, 0.3) is 5.91 Å². The highest BCUT2D eigenvalue weighted by atomic mass is 32.2. The van der Waals surface area contributed by atoms with Crippen LogP contribution in [-0.2, 0) is 10.0 Å². The molecule has 1 aliphatic rings. The molecule has 1 N–H and O–H groups in total. The van der Waals surface area contributed by atoms with Gasteiger partial charge in [-0.05, 0) is 37.0 Å². The molecular weight excluding hydrogens is 314 g/mol. The maximum atomic E-state index is 13.7. The molecule has 5 nitrogen and oxygen atoms in total. The normalized spacial score (nSPS) is 19.2. The van der Waals surface area contributed by atoms with Gasteiger partial charge < -0.3 is 4.90 Å². The second-order valence-electron chi connectivity index (χ2n) is 5.50. The highest BCUT2D eigenvalue weighted by molar-refractivity contribution is 7.88. The number of rotatable bonds is 4. The monoisotopic (exact) mass is 332 g/mol. The Morgan fingerprint density at radius 2 is 2.14 bits per heavy atom. The number of carbonyl (C=O) groups excluding carboxylic acids is 1. The van der Waals surface area contributed by atoms with Crippen molar-refractivity contribution in [3.63, 3.8) is 0 Å². The van der Waals surface area contributed by atoms with E-state index in [2.05, 4.69) is 4.72 Å². The van der Waals surface area contributed by atoms with Gasteiger partial charge in [-0.1, -0.05) is 0 Å². The van der Waals surface area contributed by atoms with Crippen LogP contribution in [0.4, 0.5) is 8.78 Å². The second-order valence-corrected chi connectivity index (χ2v) is 7.34. The predicted molar refractivity (Wildman–Crippen MR) is 77.8 cm³/mol. The fraction of sp³-hybridized carbons (Fsp3) is 0.500. The highest BCUT2D eigenvalue weighted by Gasteiger charge is 2.26. The molecule has 1 atom stereocenters. The van der Waals surface area contributed by atoms with E-state index in [-0.39, 0.29) is 18.0 Å². The molecule has 2 rings (SSSR count). The van der Waals surface area contributed by atoms with E-state index in [0.29, 0.717) is 19.5 Å². The topological polar surface area (TPSA) is 66.5 Å².